The second-order valence-electron chi connectivity index (χ2n) is 4.28. The van der Waals surface area contributed by atoms with E-state index in [1.165, 1.54) is 18.2 Å². The molecule has 92 valence electrons. The van der Waals surface area contributed by atoms with Crippen LogP contribution >= 0.6 is 0 Å². The van der Waals surface area contributed by atoms with E-state index in [0.29, 0.717) is 12.2 Å². The van der Waals surface area contributed by atoms with Crippen LogP contribution in [-0.2, 0) is 9.84 Å². The quantitative estimate of drug-likeness (QED) is 0.788. The molecule has 5 nitrogen and oxygen atoms in total. The fraction of sp³-hybridized carbons (Fsp3) is 0.364. The van der Waals surface area contributed by atoms with E-state index in [2.05, 4.69) is 5.32 Å². The molecule has 1 aliphatic rings. The largest absolute Gasteiger partial charge is 0.478 e. The number of hydrogen-bond donors (Lipinski definition) is 2. The predicted molar refractivity (Wildman–Crippen MR) is 63.1 cm³/mol. The Kier molecular flexibility index (Phi) is 2.82. The molecule has 1 atom stereocenters. The monoisotopic (exact) mass is 255 g/mol. The van der Waals surface area contributed by atoms with Crippen LogP contribution in [0.1, 0.15) is 17.3 Å². The number of fused-ring (bicyclic) bond motifs is 1. The van der Waals surface area contributed by atoms with Gasteiger partial charge in [-0.1, -0.05) is 6.92 Å². The fourth-order valence-corrected chi connectivity index (χ4v) is 3.69. The van der Waals surface area contributed by atoms with Crippen LogP contribution in [-0.4, -0.2) is 31.8 Å². The Labute approximate surface area is 99.4 Å². The summed E-state index contributed by atoms with van der Waals surface area (Å²) in [7, 11) is -3.41. The van der Waals surface area contributed by atoms with Crippen molar-refractivity contribution < 1.29 is 18.3 Å². The summed E-state index contributed by atoms with van der Waals surface area (Å²) in [4.78, 5) is 10.9. The molecule has 17 heavy (non-hydrogen) atoms. The molecule has 1 aromatic rings. The highest BCUT2D eigenvalue weighted by Crippen LogP contribution is 2.28. The van der Waals surface area contributed by atoms with Gasteiger partial charge in [-0.3, -0.25) is 0 Å². The van der Waals surface area contributed by atoms with Crippen molar-refractivity contribution in [3.63, 3.8) is 0 Å². The van der Waals surface area contributed by atoms with Gasteiger partial charge in [-0.2, -0.15) is 0 Å². The molecule has 1 heterocycles. The van der Waals surface area contributed by atoms with E-state index < -0.39 is 15.8 Å². The van der Waals surface area contributed by atoms with Crippen LogP contribution in [0.25, 0.3) is 0 Å². The number of hydrogen-bond acceptors (Lipinski definition) is 4. The van der Waals surface area contributed by atoms with Crippen molar-refractivity contribution in [1.29, 1.82) is 0 Å². The molecule has 1 aliphatic heterocycles. The first-order valence-electron chi connectivity index (χ1n) is 5.24. The number of benzene rings is 1. The van der Waals surface area contributed by atoms with Gasteiger partial charge in [-0.05, 0) is 24.1 Å². The number of nitrogens with one attached hydrogen (secondary N) is 1. The van der Waals surface area contributed by atoms with Gasteiger partial charge in [0.15, 0.2) is 9.84 Å². The minimum absolute atomic E-state index is 0.000628. The number of carbonyl (C=O) groups is 1. The third kappa shape index (κ3) is 2.26. The Morgan fingerprint density at radius 2 is 2.18 bits per heavy atom. The number of carboxylic acids is 1. The summed E-state index contributed by atoms with van der Waals surface area (Å²) in [6.07, 6.45) is 0. The predicted octanol–water partition coefficient (Wildman–Crippen LogP) is 1.22. The molecule has 2 N–H and O–H groups in total. The Morgan fingerprint density at radius 1 is 1.47 bits per heavy atom. The van der Waals surface area contributed by atoms with Gasteiger partial charge in [-0.25, -0.2) is 13.2 Å². The Morgan fingerprint density at radius 3 is 2.82 bits per heavy atom. The van der Waals surface area contributed by atoms with E-state index in [0.717, 1.165) is 0 Å². The fourth-order valence-electron chi connectivity index (χ4n) is 1.87. The van der Waals surface area contributed by atoms with E-state index in [9.17, 15) is 13.2 Å². The van der Waals surface area contributed by atoms with E-state index >= 15 is 0 Å². The number of sulfone groups is 1. The lowest BCUT2D eigenvalue weighted by molar-refractivity contribution is 0.0696. The Balaban J connectivity index is 2.60. The van der Waals surface area contributed by atoms with Crippen molar-refractivity contribution in [2.75, 3.05) is 17.6 Å². The Bertz CT molecular complexity index is 565. The topological polar surface area (TPSA) is 83.5 Å². The van der Waals surface area contributed by atoms with Gasteiger partial charge < -0.3 is 10.4 Å². The smallest absolute Gasteiger partial charge is 0.335 e. The molecule has 0 fully saturated rings. The van der Waals surface area contributed by atoms with Gasteiger partial charge in [0.05, 0.1) is 21.9 Å². The van der Waals surface area contributed by atoms with E-state index in [4.69, 9.17) is 5.11 Å². The number of aromatic carboxylic acids is 1. The van der Waals surface area contributed by atoms with E-state index in [1.807, 2.05) is 6.92 Å². The van der Waals surface area contributed by atoms with Crippen molar-refractivity contribution in [2.24, 2.45) is 5.92 Å². The molecule has 0 saturated carbocycles. The molecule has 2 rings (SSSR count). The summed E-state index contributed by atoms with van der Waals surface area (Å²) in [6, 6.07) is 4.13. The van der Waals surface area contributed by atoms with Gasteiger partial charge in [0, 0.05) is 6.54 Å². The molecule has 6 heteroatoms. The minimum atomic E-state index is -3.41. The molecule has 0 spiro atoms. The van der Waals surface area contributed by atoms with Crippen LogP contribution in [0.5, 0.6) is 0 Å². The highest BCUT2D eigenvalue weighted by Gasteiger charge is 2.26. The SMILES string of the molecule is CC1CNc2ccc(C(=O)O)cc2S(=O)(=O)C1. The third-order valence-corrected chi connectivity index (χ3v) is 4.72. The number of anilines is 1. The highest BCUT2D eigenvalue weighted by atomic mass is 32.2. The van der Waals surface area contributed by atoms with Gasteiger partial charge in [-0.15, -0.1) is 0 Å². The minimum Gasteiger partial charge on any atom is -0.478 e. The summed E-state index contributed by atoms with van der Waals surface area (Å²) in [6.45, 7) is 2.41. The average Bonchev–Trinajstić information content (AvgIpc) is 2.35. The van der Waals surface area contributed by atoms with Crippen molar-refractivity contribution in [1.82, 2.24) is 0 Å². The van der Waals surface area contributed by atoms with Crippen LogP contribution in [0.3, 0.4) is 0 Å². The molecule has 1 aromatic carbocycles. The van der Waals surface area contributed by atoms with Crippen LogP contribution in [0.15, 0.2) is 23.1 Å². The van der Waals surface area contributed by atoms with Crippen LogP contribution in [0, 0.1) is 5.92 Å². The lowest BCUT2D eigenvalue weighted by atomic mass is 10.2. The molecule has 0 aliphatic carbocycles. The lowest BCUT2D eigenvalue weighted by Gasteiger charge is -2.07. The zero-order valence-electron chi connectivity index (χ0n) is 9.30. The summed E-state index contributed by atoms with van der Waals surface area (Å²) >= 11 is 0. The average molecular weight is 255 g/mol. The second kappa shape index (κ2) is 4.03. The first kappa shape index (κ1) is 11.9. The molecule has 0 bridgehead atoms. The van der Waals surface area contributed by atoms with Crippen molar-refractivity contribution >= 4 is 21.5 Å². The van der Waals surface area contributed by atoms with Gasteiger partial charge >= 0.3 is 5.97 Å². The summed E-state index contributed by atoms with van der Waals surface area (Å²) in [5.74, 6) is -1.09. The van der Waals surface area contributed by atoms with Crippen molar-refractivity contribution in [3.05, 3.63) is 23.8 Å². The zero-order chi connectivity index (χ0) is 12.6. The van der Waals surface area contributed by atoms with Crippen molar-refractivity contribution in [3.8, 4) is 0 Å². The normalized spacial score (nSPS) is 22.1. The van der Waals surface area contributed by atoms with Crippen LogP contribution in [0.2, 0.25) is 0 Å². The zero-order valence-corrected chi connectivity index (χ0v) is 10.1. The Hall–Kier alpha value is -1.56. The van der Waals surface area contributed by atoms with Crippen molar-refractivity contribution in [2.45, 2.75) is 11.8 Å². The van der Waals surface area contributed by atoms with Crippen LogP contribution in [0.4, 0.5) is 5.69 Å². The van der Waals surface area contributed by atoms with Gasteiger partial charge in [0.2, 0.25) is 0 Å². The van der Waals surface area contributed by atoms with Crippen LogP contribution < -0.4 is 5.32 Å². The first-order valence-corrected chi connectivity index (χ1v) is 6.89. The standard InChI is InChI=1S/C11H13NO4S/c1-7-5-12-9-3-2-8(11(13)14)4-10(9)17(15,16)6-7/h2-4,7,12H,5-6H2,1H3,(H,13,14). The molecule has 0 radical (unpaired) electrons. The molecular formula is C11H13NO4S. The summed E-state index contributed by atoms with van der Waals surface area (Å²) < 4.78 is 24.1. The number of carboxylic acid groups (broad SMARTS) is 1. The first-order chi connectivity index (χ1) is 7.90. The van der Waals surface area contributed by atoms with Gasteiger partial charge in [0.25, 0.3) is 0 Å². The molecule has 0 saturated heterocycles. The second-order valence-corrected chi connectivity index (χ2v) is 6.29. The maximum atomic E-state index is 12.0. The highest BCUT2D eigenvalue weighted by molar-refractivity contribution is 7.91. The third-order valence-electron chi connectivity index (χ3n) is 2.71. The molecule has 0 aromatic heterocycles. The van der Waals surface area contributed by atoms with E-state index in [-0.39, 0.29) is 22.1 Å². The number of rotatable bonds is 1. The molecular weight excluding hydrogens is 242 g/mol. The summed E-state index contributed by atoms with van der Waals surface area (Å²) in [5, 5.41) is 11.9. The summed E-state index contributed by atoms with van der Waals surface area (Å²) in [5.41, 5.74) is 0.475. The van der Waals surface area contributed by atoms with E-state index in [1.54, 1.807) is 0 Å². The van der Waals surface area contributed by atoms with Gasteiger partial charge in [0.1, 0.15) is 0 Å². The maximum absolute atomic E-state index is 12.0. The maximum Gasteiger partial charge on any atom is 0.335 e. The molecule has 1 unspecified atom stereocenters. The molecule has 0 amide bonds. The lowest BCUT2D eigenvalue weighted by Crippen LogP contribution is -2.15.